The zero-order valence-electron chi connectivity index (χ0n) is 14.9. The van der Waals surface area contributed by atoms with Gasteiger partial charge in [0, 0.05) is 12.3 Å². The molecule has 2 rings (SSSR count). The Kier molecular flexibility index (Phi) is 6.85. The van der Waals surface area contributed by atoms with Crippen LogP contribution in [0.1, 0.15) is 25.5 Å². The highest BCUT2D eigenvalue weighted by atomic mass is 16.6. The molecule has 0 unspecified atom stereocenters. The van der Waals surface area contributed by atoms with Crippen LogP contribution in [0.5, 0.6) is 11.5 Å². The average Bonchev–Trinajstić information content (AvgIpc) is 2.60. The molecule has 1 aromatic carbocycles. The summed E-state index contributed by atoms with van der Waals surface area (Å²) >= 11 is 0. The number of rotatable bonds is 8. The number of amides is 2. The molecule has 8 heteroatoms. The van der Waals surface area contributed by atoms with Crippen LogP contribution >= 0.6 is 0 Å². The Morgan fingerprint density at radius 3 is 2.73 bits per heavy atom. The van der Waals surface area contributed by atoms with Crippen LogP contribution in [0.25, 0.3) is 0 Å². The van der Waals surface area contributed by atoms with Crippen LogP contribution in [-0.2, 0) is 14.3 Å². The van der Waals surface area contributed by atoms with Gasteiger partial charge in [0.15, 0.2) is 11.5 Å². The number of phenols is 1. The third kappa shape index (κ3) is 4.66. The number of carbonyl (C=O) groups is 2. The number of urea groups is 1. The fourth-order valence-electron chi connectivity index (χ4n) is 2.67. The first kappa shape index (κ1) is 19.6. The lowest BCUT2D eigenvalue weighted by atomic mass is 9.89. The maximum Gasteiger partial charge on any atom is 0.319 e. The number of benzene rings is 1. The Morgan fingerprint density at radius 2 is 2.04 bits per heavy atom. The third-order valence-electron chi connectivity index (χ3n) is 3.84. The van der Waals surface area contributed by atoms with Crippen LogP contribution in [0.15, 0.2) is 30.5 Å². The monoisotopic (exact) mass is 364 g/mol. The number of aromatic hydroxyl groups is 1. The molecule has 0 spiro atoms. The minimum atomic E-state index is -0.826. The van der Waals surface area contributed by atoms with Crippen LogP contribution in [0, 0.1) is 5.92 Å². The summed E-state index contributed by atoms with van der Waals surface area (Å²) in [7, 11) is 0. The number of phenolic OH excluding ortho intramolecular Hbond substituents is 1. The molecule has 1 aliphatic heterocycles. The van der Waals surface area contributed by atoms with E-state index < -0.39 is 24.0 Å². The molecule has 1 fully saturated rings. The first-order valence-electron chi connectivity index (χ1n) is 8.44. The van der Waals surface area contributed by atoms with Crippen LogP contribution in [0.4, 0.5) is 4.79 Å². The van der Waals surface area contributed by atoms with E-state index in [1.165, 1.54) is 6.07 Å². The quantitative estimate of drug-likeness (QED) is 0.480. The maximum atomic E-state index is 12.5. The minimum Gasteiger partial charge on any atom is -0.504 e. The van der Waals surface area contributed by atoms with E-state index in [4.69, 9.17) is 14.2 Å². The predicted octanol–water partition coefficient (Wildman–Crippen LogP) is 1.85. The summed E-state index contributed by atoms with van der Waals surface area (Å²) in [6.45, 7) is 8.71. The summed E-state index contributed by atoms with van der Waals surface area (Å²) in [5, 5.41) is 15.1. The van der Waals surface area contributed by atoms with Crippen molar-refractivity contribution < 1.29 is 28.9 Å². The minimum absolute atomic E-state index is 0.0227. The lowest BCUT2D eigenvalue weighted by Crippen LogP contribution is -2.51. The maximum absolute atomic E-state index is 12.5. The number of carbonyl (C=O) groups excluding carboxylic acids is 2. The van der Waals surface area contributed by atoms with Crippen LogP contribution in [0.3, 0.4) is 0 Å². The second-order valence-corrected chi connectivity index (χ2v) is 5.60. The van der Waals surface area contributed by atoms with Crippen LogP contribution in [0.2, 0.25) is 0 Å². The highest BCUT2D eigenvalue weighted by Crippen LogP contribution is 2.35. The van der Waals surface area contributed by atoms with Gasteiger partial charge < -0.3 is 30.0 Å². The van der Waals surface area contributed by atoms with Gasteiger partial charge >= 0.3 is 12.0 Å². The van der Waals surface area contributed by atoms with Gasteiger partial charge in [-0.1, -0.05) is 12.6 Å². The van der Waals surface area contributed by atoms with Crippen molar-refractivity contribution in [3.63, 3.8) is 0 Å². The first-order chi connectivity index (χ1) is 12.5. The highest BCUT2D eigenvalue weighted by molar-refractivity contribution is 5.85. The zero-order valence-corrected chi connectivity index (χ0v) is 14.9. The lowest BCUT2D eigenvalue weighted by molar-refractivity contribution is -0.150. The number of ether oxygens (including phenoxy) is 3. The van der Waals surface area contributed by atoms with Gasteiger partial charge in [-0.05, 0) is 31.5 Å². The number of hydrogen-bond donors (Lipinski definition) is 3. The van der Waals surface area contributed by atoms with Crippen LogP contribution in [-0.4, -0.2) is 43.5 Å². The molecule has 0 saturated carbocycles. The summed E-state index contributed by atoms with van der Waals surface area (Å²) in [5.41, 5.74) is 0.834. The standard InChI is InChI=1S/C18H24N2O6/c1-4-24-8-9-26-17(22)15-11(3)19-18(23)20-16(15)12-6-7-13(21)14(10-12)25-5-2/h6-7,10,15-16,21H,3-5,8-9H2,1-2H3,(H2,19,20,23)/t15-,16+/m1/s1. The molecule has 26 heavy (non-hydrogen) atoms. The van der Waals surface area contributed by atoms with E-state index in [2.05, 4.69) is 17.2 Å². The molecular weight excluding hydrogens is 340 g/mol. The fraction of sp³-hybridized carbons (Fsp3) is 0.444. The van der Waals surface area contributed by atoms with Gasteiger partial charge in [0.05, 0.1) is 19.3 Å². The van der Waals surface area contributed by atoms with Crippen molar-refractivity contribution in [2.75, 3.05) is 26.4 Å². The SMILES string of the molecule is C=C1NC(=O)N[C@@H](c2ccc(O)c(OCC)c2)[C@@H]1C(=O)OCCOCC. The van der Waals surface area contributed by atoms with Crippen molar-refractivity contribution >= 4 is 12.0 Å². The van der Waals surface area contributed by atoms with Crippen molar-refractivity contribution in [2.24, 2.45) is 5.92 Å². The normalized spacial score (nSPS) is 19.5. The first-order valence-corrected chi connectivity index (χ1v) is 8.44. The zero-order chi connectivity index (χ0) is 19.1. The van der Waals surface area contributed by atoms with Crippen LogP contribution < -0.4 is 15.4 Å². The summed E-state index contributed by atoms with van der Waals surface area (Å²) in [5.74, 6) is -1.11. The van der Waals surface area contributed by atoms with E-state index in [9.17, 15) is 14.7 Å². The molecule has 0 radical (unpaired) electrons. The second kappa shape index (κ2) is 9.10. The van der Waals surface area contributed by atoms with Gasteiger partial charge in [-0.3, -0.25) is 4.79 Å². The summed E-state index contributed by atoms with van der Waals surface area (Å²) < 4.78 is 15.8. The molecule has 0 aliphatic carbocycles. The van der Waals surface area contributed by atoms with E-state index >= 15 is 0 Å². The Labute approximate surface area is 152 Å². The van der Waals surface area contributed by atoms with E-state index in [0.717, 1.165) is 0 Å². The summed E-state index contributed by atoms with van der Waals surface area (Å²) in [6.07, 6.45) is 0. The molecule has 0 aromatic heterocycles. The summed E-state index contributed by atoms with van der Waals surface area (Å²) in [4.78, 5) is 24.4. The fourth-order valence-corrected chi connectivity index (χ4v) is 2.67. The van der Waals surface area contributed by atoms with E-state index in [1.807, 2.05) is 6.92 Å². The number of esters is 1. The Hall–Kier alpha value is -2.74. The molecule has 0 bridgehead atoms. The third-order valence-corrected chi connectivity index (χ3v) is 3.84. The van der Waals surface area contributed by atoms with E-state index in [1.54, 1.807) is 19.1 Å². The van der Waals surface area contributed by atoms with Crippen molar-refractivity contribution in [1.82, 2.24) is 10.6 Å². The summed E-state index contributed by atoms with van der Waals surface area (Å²) in [6, 6.07) is 3.49. The smallest absolute Gasteiger partial charge is 0.319 e. The van der Waals surface area contributed by atoms with Crippen molar-refractivity contribution in [2.45, 2.75) is 19.9 Å². The topological polar surface area (TPSA) is 106 Å². The Balaban J connectivity index is 2.24. The number of hydrogen-bond acceptors (Lipinski definition) is 6. The molecular formula is C18H24N2O6. The van der Waals surface area contributed by atoms with Gasteiger partial charge in [0.2, 0.25) is 0 Å². The predicted molar refractivity (Wildman–Crippen MR) is 93.8 cm³/mol. The molecule has 3 N–H and O–H groups in total. The molecule has 8 nitrogen and oxygen atoms in total. The van der Waals surface area contributed by atoms with Crippen molar-refractivity contribution in [1.29, 1.82) is 0 Å². The average molecular weight is 364 g/mol. The van der Waals surface area contributed by atoms with Gasteiger partial charge in [0.25, 0.3) is 0 Å². The second-order valence-electron chi connectivity index (χ2n) is 5.60. The van der Waals surface area contributed by atoms with E-state index in [-0.39, 0.29) is 23.8 Å². The molecule has 2 atom stereocenters. The van der Waals surface area contributed by atoms with Crippen molar-refractivity contribution in [3.05, 3.63) is 36.0 Å². The molecule has 1 saturated heterocycles. The largest absolute Gasteiger partial charge is 0.504 e. The Morgan fingerprint density at radius 1 is 1.27 bits per heavy atom. The Bertz CT molecular complexity index is 676. The molecule has 142 valence electrons. The molecule has 1 heterocycles. The number of nitrogens with one attached hydrogen (secondary N) is 2. The lowest BCUT2D eigenvalue weighted by Gasteiger charge is -2.33. The van der Waals surface area contributed by atoms with Crippen molar-refractivity contribution in [3.8, 4) is 11.5 Å². The van der Waals surface area contributed by atoms with E-state index in [0.29, 0.717) is 25.4 Å². The van der Waals surface area contributed by atoms with Gasteiger partial charge in [-0.2, -0.15) is 0 Å². The molecule has 2 amide bonds. The molecule has 1 aromatic rings. The van der Waals surface area contributed by atoms with Gasteiger partial charge in [-0.25, -0.2) is 4.79 Å². The van der Waals surface area contributed by atoms with Gasteiger partial charge in [0.1, 0.15) is 12.5 Å². The highest BCUT2D eigenvalue weighted by Gasteiger charge is 2.39. The molecule has 1 aliphatic rings. The van der Waals surface area contributed by atoms with Gasteiger partial charge in [-0.15, -0.1) is 0 Å².